The van der Waals surface area contributed by atoms with Gasteiger partial charge in [0.2, 0.25) is 11.8 Å². The van der Waals surface area contributed by atoms with Crippen molar-refractivity contribution in [2.75, 3.05) is 18.0 Å². The Hall–Kier alpha value is -2.62. The van der Waals surface area contributed by atoms with Crippen molar-refractivity contribution in [1.82, 2.24) is 4.90 Å². The van der Waals surface area contributed by atoms with Gasteiger partial charge in [-0.2, -0.15) is 0 Å². The number of carbonyl (C=O) groups excluding carboxylic acids is 2. The Morgan fingerprint density at radius 2 is 1.73 bits per heavy atom. The van der Waals surface area contributed by atoms with Gasteiger partial charge in [-0.15, -0.1) is 0 Å². The standard InChI is InChI=1S/C22H26N2O2/c1-16(2)22(26)24-15-21(25)23(19-11-9-17(3)10-12-19)14-20(24)13-18-7-5-4-6-8-18/h4-12,16,20H,13-15H2,1-3H3/t20-/m1/s1. The molecule has 1 atom stereocenters. The molecule has 1 saturated heterocycles. The zero-order valence-corrected chi connectivity index (χ0v) is 15.7. The molecule has 1 heterocycles. The normalized spacial score (nSPS) is 17.7. The smallest absolute Gasteiger partial charge is 0.246 e. The van der Waals surface area contributed by atoms with Gasteiger partial charge >= 0.3 is 0 Å². The minimum atomic E-state index is -0.119. The number of nitrogens with zero attached hydrogens (tertiary/aromatic N) is 2. The summed E-state index contributed by atoms with van der Waals surface area (Å²) in [7, 11) is 0. The second kappa shape index (κ2) is 7.73. The Kier molecular flexibility index (Phi) is 5.40. The summed E-state index contributed by atoms with van der Waals surface area (Å²) in [5.41, 5.74) is 3.24. The van der Waals surface area contributed by atoms with Crippen molar-refractivity contribution in [3.8, 4) is 0 Å². The maximum absolute atomic E-state index is 12.7. The SMILES string of the molecule is Cc1ccc(N2C[C@@H](Cc3ccccc3)N(C(=O)C(C)C)CC2=O)cc1. The van der Waals surface area contributed by atoms with E-state index in [1.807, 2.05) is 68.1 Å². The van der Waals surface area contributed by atoms with Gasteiger partial charge in [0.15, 0.2) is 0 Å². The molecule has 1 fully saturated rings. The molecule has 0 aromatic heterocycles. The second-order valence-electron chi connectivity index (χ2n) is 7.30. The van der Waals surface area contributed by atoms with Crippen LogP contribution in [-0.2, 0) is 16.0 Å². The van der Waals surface area contributed by atoms with E-state index in [-0.39, 0.29) is 30.3 Å². The van der Waals surface area contributed by atoms with Gasteiger partial charge in [-0.25, -0.2) is 0 Å². The van der Waals surface area contributed by atoms with Crippen LogP contribution in [0.2, 0.25) is 0 Å². The summed E-state index contributed by atoms with van der Waals surface area (Å²) in [6.45, 7) is 6.47. The average Bonchev–Trinajstić information content (AvgIpc) is 2.64. The molecule has 136 valence electrons. The van der Waals surface area contributed by atoms with Gasteiger partial charge in [0.1, 0.15) is 6.54 Å². The lowest BCUT2D eigenvalue weighted by Crippen LogP contribution is -2.59. The molecule has 4 heteroatoms. The Balaban J connectivity index is 1.87. The first-order valence-corrected chi connectivity index (χ1v) is 9.17. The number of benzene rings is 2. The molecule has 2 aromatic carbocycles. The zero-order valence-electron chi connectivity index (χ0n) is 15.7. The van der Waals surface area contributed by atoms with Crippen LogP contribution in [0.1, 0.15) is 25.0 Å². The summed E-state index contributed by atoms with van der Waals surface area (Å²) in [5, 5.41) is 0. The lowest BCUT2D eigenvalue weighted by Gasteiger charge is -2.42. The molecule has 0 N–H and O–H groups in total. The van der Waals surface area contributed by atoms with E-state index in [0.29, 0.717) is 6.54 Å². The summed E-state index contributed by atoms with van der Waals surface area (Å²) in [4.78, 5) is 29.0. The maximum atomic E-state index is 12.7. The summed E-state index contributed by atoms with van der Waals surface area (Å²) >= 11 is 0. The first kappa shape index (κ1) is 18.2. The van der Waals surface area contributed by atoms with Crippen LogP contribution in [0.4, 0.5) is 5.69 Å². The molecule has 2 aromatic rings. The van der Waals surface area contributed by atoms with Gasteiger partial charge in [0.25, 0.3) is 0 Å². The Labute approximate surface area is 155 Å². The number of rotatable bonds is 4. The van der Waals surface area contributed by atoms with E-state index in [2.05, 4.69) is 12.1 Å². The van der Waals surface area contributed by atoms with Crippen LogP contribution >= 0.6 is 0 Å². The van der Waals surface area contributed by atoms with Gasteiger partial charge in [-0.05, 0) is 31.0 Å². The fraction of sp³-hybridized carbons (Fsp3) is 0.364. The third-order valence-electron chi connectivity index (χ3n) is 4.88. The molecule has 0 spiro atoms. The number of hydrogen-bond acceptors (Lipinski definition) is 2. The second-order valence-corrected chi connectivity index (χ2v) is 7.30. The number of hydrogen-bond donors (Lipinski definition) is 0. The van der Waals surface area contributed by atoms with Crippen molar-refractivity contribution < 1.29 is 9.59 Å². The molecule has 1 aliphatic heterocycles. The molecule has 0 unspecified atom stereocenters. The highest BCUT2D eigenvalue weighted by Gasteiger charge is 2.36. The number of aryl methyl sites for hydroxylation is 1. The lowest BCUT2D eigenvalue weighted by molar-refractivity contribution is -0.142. The minimum Gasteiger partial charge on any atom is -0.328 e. The maximum Gasteiger partial charge on any atom is 0.246 e. The van der Waals surface area contributed by atoms with Gasteiger partial charge in [-0.1, -0.05) is 61.9 Å². The molecule has 26 heavy (non-hydrogen) atoms. The van der Waals surface area contributed by atoms with Crippen molar-refractivity contribution >= 4 is 17.5 Å². The highest BCUT2D eigenvalue weighted by molar-refractivity contribution is 5.98. The third kappa shape index (κ3) is 3.96. The van der Waals surface area contributed by atoms with Crippen molar-refractivity contribution in [2.45, 2.75) is 33.2 Å². The lowest BCUT2D eigenvalue weighted by atomic mass is 9.99. The van der Waals surface area contributed by atoms with Gasteiger partial charge in [-0.3, -0.25) is 9.59 Å². The molecule has 4 nitrogen and oxygen atoms in total. The number of piperazine rings is 1. The summed E-state index contributed by atoms with van der Waals surface area (Å²) in [6.07, 6.45) is 0.745. The van der Waals surface area contributed by atoms with E-state index in [0.717, 1.165) is 17.7 Å². The van der Waals surface area contributed by atoms with Crippen LogP contribution in [0.3, 0.4) is 0 Å². The topological polar surface area (TPSA) is 40.6 Å². The number of anilines is 1. The van der Waals surface area contributed by atoms with Crippen LogP contribution < -0.4 is 4.90 Å². The summed E-state index contributed by atoms with van der Waals surface area (Å²) in [5.74, 6) is -0.0954. The number of amides is 2. The Morgan fingerprint density at radius 3 is 2.35 bits per heavy atom. The van der Waals surface area contributed by atoms with E-state index in [1.165, 1.54) is 5.56 Å². The molecule has 2 amide bonds. The van der Waals surface area contributed by atoms with Crippen LogP contribution in [-0.4, -0.2) is 35.8 Å². The molecular weight excluding hydrogens is 324 g/mol. The Morgan fingerprint density at radius 1 is 1.08 bits per heavy atom. The molecule has 3 rings (SSSR count). The largest absolute Gasteiger partial charge is 0.328 e. The molecule has 1 aliphatic rings. The molecule has 0 bridgehead atoms. The van der Waals surface area contributed by atoms with Gasteiger partial charge in [0, 0.05) is 18.2 Å². The van der Waals surface area contributed by atoms with E-state index in [1.54, 1.807) is 4.90 Å². The van der Waals surface area contributed by atoms with Crippen molar-refractivity contribution in [1.29, 1.82) is 0 Å². The predicted molar refractivity (Wildman–Crippen MR) is 104 cm³/mol. The van der Waals surface area contributed by atoms with Crippen molar-refractivity contribution in [3.05, 3.63) is 65.7 Å². The first-order chi connectivity index (χ1) is 12.5. The predicted octanol–water partition coefficient (Wildman–Crippen LogP) is 3.44. The zero-order chi connectivity index (χ0) is 18.7. The fourth-order valence-electron chi connectivity index (χ4n) is 3.40. The molecule has 0 radical (unpaired) electrons. The number of carbonyl (C=O) groups is 2. The fourth-order valence-corrected chi connectivity index (χ4v) is 3.40. The molecule has 0 saturated carbocycles. The highest BCUT2D eigenvalue weighted by atomic mass is 16.2. The molecular formula is C22H26N2O2. The molecule has 0 aliphatic carbocycles. The van der Waals surface area contributed by atoms with Crippen LogP contribution in [0.5, 0.6) is 0 Å². The average molecular weight is 350 g/mol. The van der Waals surface area contributed by atoms with Gasteiger partial charge < -0.3 is 9.80 Å². The van der Waals surface area contributed by atoms with E-state index < -0.39 is 0 Å². The van der Waals surface area contributed by atoms with Crippen molar-refractivity contribution in [2.24, 2.45) is 5.92 Å². The monoisotopic (exact) mass is 350 g/mol. The van der Waals surface area contributed by atoms with E-state index in [4.69, 9.17) is 0 Å². The quantitative estimate of drug-likeness (QED) is 0.847. The van der Waals surface area contributed by atoms with Crippen LogP contribution in [0.25, 0.3) is 0 Å². The van der Waals surface area contributed by atoms with Gasteiger partial charge in [0.05, 0.1) is 6.04 Å². The summed E-state index contributed by atoms with van der Waals surface area (Å²) in [6, 6.07) is 18.1. The van der Waals surface area contributed by atoms with Crippen molar-refractivity contribution in [3.63, 3.8) is 0 Å². The highest BCUT2D eigenvalue weighted by Crippen LogP contribution is 2.24. The first-order valence-electron chi connectivity index (χ1n) is 9.17. The van der Waals surface area contributed by atoms with E-state index in [9.17, 15) is 9.59 Å². The van der Waals surface area contributed by atoms with Crippen LogP contribution in [0, 0.1) is 12.8 Å². The van der Waals surface area contributed by atoms with E-state index >= 15 is 0 Å². The third-order valence-corrected chi connectivity index (χ3v) is 4.88. The van der Waals surface area contributed by atoms with Crippen LogP contribution in [0.15, 0.2) is 54.6 Å². The summed E-state index contributed by atoms with van der Waals surface area (Å²) < 4.78 is 0. The minimum absolute atomic E-state index is 0.0211. The Bertz CT molecular complexity index is 768.